The molecule has 2 atom stereocenters. The lowest BCUT2D eigenvalue weighted by Gasteiger charge is -2.29. The number of nitro groups is 1. The number of nitro benzene ring substituents is 1. The lowest BCUT2D eigenvalue weighted by molar-refractivity contribution is -0.384. The van der Waals surface area contributed by atoms with Gasteiger partial charge < -0.3 is 10.6 Å². The van der Waals surface area contributed by atoms with E-state index in [2.05, 4.69) is 17.6 Å². The van der Waals surface area contributed by atoms with Gasteiger partial charge in [0.1, 0.15) is 5.69 Å². The Morgan fingerprint density at radius 1 is 1.33 bits per heavy atom. The predicted molar refractivity (Wildman–Crippen MR) is 81.5 cm³/mol. The fourth-order valence-corrected chi connectivity index (χ4v) is 2.82. The molecule has 6 heteroatoms. The number of hydrogen-bond acceptors (Lipinski definition) is 4. The lowest BCUT2D eigenvalue weighted by Crippen LogP contribution is -2.41. The first kappa shape index (κ1) is 15.3. The van der Waals surface area contributed by atoms with Crippen molar-refractivity contribution in [3.05, 3.63) is 33.9 Å². The first-order valence-corrected chi connectivity index (χ1v) is 7.30. The van der Waals surface area contributed by atoms with E-state index in [9.17, 15) is 14.9 Å². The molecule has 6 nitrogen and oxygen atoms in total. The highest BCUT2D eigenvalue weighted by Gasteiger charge is 2.24. The third-order valence-corrected chi connectivity index (χ3v) is 4.15. The molecule has 21 heavy (non-hydrogen) atoms. The molecule has 2 N–H and O–H groups in total. The van der Waals surface area contributed by atoms with Crippen LogP contribution < -0.4 is 10.6 Å². The summed E-state index contributed by atoms with van der Waals surface area (Å²) < 4.78 is 0. The van der Waals surface area contributed by atoms with Gasteiger partial charge in [-0.25, -0.2) is 0 Å². The van der Waals surface area contributed by atoms with Crippen molar-refractivity contribution >= 4 is 17.3 Å². The molecule has 0 unspecified atom stereocenters. The van der Waals surface area contributed by atoms with Crippen LogP contribution in [0, 0.1) is 16.0 Å². The van der Waals surface area contributed by atoms with E-state index in [1.165, 1.54) is 12.5 Å². The van der Waals surface area contributed by atoms with Gasteiger partial charge >= 0.3 is 0 Å². The van der Waals surface area contributed by atoms with E-state index in [4.69, 9.17) is 0 Å². The third kappa shape index (κ3) is 3.51. The average molecular weight is 291 g/mol. The van der Waals surface area contributed by atoms with Crippen LogP contribution in [-0.2, 0) is 0 Å². The minimum Gasteiger partial charge on any atom is -0.383 e. The highest BCUT2D eigenvalue weighted by atomic mass is 16.6. The van der Waals surface area contributed by atoms with E-state index in [1.807, 2.05) is 0 Å². The molecule has 1 amide bonds. The van der Waals surface area contributed by atoms with E-state index >= 15 is 0 Å². The van der Waals surface area contributed by atoms with E-state index in [1.54, 1.807) is 19.2 Å². The summed E-state index contributed by atoms with van der Waals surface area (Å²) in [4.78, 5) is 22.8. The van der Waals surface area contributed by atoms with Crippen molar-refractivity contribution in [2.24, 2.45) is 5.92 Å². The van der Waals surface area contributed by atoms with Gasteiger partial charge in [0.25, 0.3) is 11.6 Å². The molecule has 1 saturated carbocycles. The van der Waals surface area contributed by atoms with Crippen molar-refractivity contribution in [1.82, 2.24) is 5.32 Å². The van der Waals surface area contributed by atoms with Crippen LogP contribution >= 0.6 is 0 Å². The smallest absolute Gasteiger partial charge is 0.293 e. The van der Waals surface area contributed by atoms with Gasteiger partial charge in [-0.1, -0.05) is 19.8 Å². The number of hydrogen-bond donors (Lipinski definition) is 2. The van der Waals surface area contributed by atoms with Crippen LogP contribution in [0.2, 0.25) is 0 Å². The van der Waals surface area contributed by atoms with Crippen LogP contribution in [-0.4, -0.2) is 23.9 Å². The quantitative estimate of drug-likeness (QED) is 0.660. The average Bonchev–Trinajstić information content (AvgIpc) is 2.48. The predicted octanol–water partition coefficient (Wildman–Crippen LogP) is 2.95. The van der Waals surface area contributed by atoms with Crippen molar-refractivity contribution in [3.63, 3.8) is 0 Å². The minimum absolute atomic E-state index is 0.0816. The summed E-state index contributed by atoms with van der Waals surface area (Å²) in [6.07, 6.45) is 4.41. The first-order valence-electron chi connectivity index (χ1n) is 7.30. The molecule has 0 spiro atoms. The fourth-order valence-electron chi connectivity index (χ4n) is 2.82. The molecular weight excluding hydrogens is 270 g/mol. The Kier molecular flexibility index (Phi) is 4.77. The SMILES string of the molecule is CNc1ccc(C(=O)N[C@H]2CCCC[C@H]2C)cc1[N+](=O)[O-]. The lowest BCUT2D eigenvalue weighted by atomic mass is 9.86. The van der Waals surface area contributed by atoms with Gasteiger partial charge in [0.2, 0.25) is 0 Å². The van der Waals surface area contributed by atoms with E-state index < -0.39 is 4.92 Å². The first-order chi connectivity index (χ1) is 10.0. The molecule has 0 bridgehead atoms. The van der Waals surface area contributed by atoms with Crippen LogP contribution in [0.1, 0.15) is 43.0 Å². The monoisotopic (exact) mass is 291 g/mol. The number of nitrogens with one attached hydrogen (secondary N) is 2. The highest BCUT2D eigenvalue weighted by molar-refractivity contribution is 5.95. The van der Waals surface area contributed by atoms with Gasteiger partial charge in [0.05, 0.1) is 4.92 Å². The van der Waals surface area contributed by atoms with Gasteiger partial charge in [0.15, 0.2) is 0 Å². The molecule has 1 aromatic rings. The minimum atomic E-state index is -0.480. The summed E-state index contributed by atoms with van der Waals surface area (Å²) >= 11 is 0. The number of benzene rings is 1. The molecule has 0 aliphatic heterocycles. The summed E-state index contributed by atoms with van der Waals surface area (Å²) in [5.74, 6) is 0.216. The zero-order chi connectivity index (χ0) is 15.4. The number of anilines is 1. The molecule has 114 valence electrons. The number of nitrogens with zero attached hydrogens (tertiary/aromatic N) is 1. The van der Waals surface area contributed by atoms with Gasteiger partial charge in [-0.05, 0) is 30.9 Å². The van der Waals surface area contributed by atoms with E-state index in [-0.39, 0.29) is 17.6 Å². The molecule has 2 rings (SSSR count). The zero-order valence-electron chi connectivity index (χ0n) is 12.4. The zero-order valence-corrected chi connectivity index (χ0v) is 12.4. The van der Waals surface area contributed by atoms with Gasteiger partial charge in [-0.2, -0.15) is 0 Å². The topological polar surface area (TPSA) is 84.3 Å². The van der Waals surface area contributed by atoms with Crippen LogP contribution in [0.4, 0.5) is 11.4 Å². The molecule has 0 radical (unpaired) electrons. The Hall–Kier alpha value is -2.11. The van der Waals surface area contributed by atoms with Crippen molar-refractivity contribution in [1.29, 1.82) is 0 Å². The standard InChI is InChI=1S/C15H21N3O3/c1-10-5-3-4-6-12(10)17-15(19)11-7-8-13(16-2)14(9-11)18(20)21/h7-10,12,16H,3-6H2,1-2H3,(H,17,19)/t10-,12+/m1/s1. The third-order valence-electron chi connectivity index (χ3n) is 4.15. The summed E-state index contributed by atoms with van der Waals surface area (Å²) in [7, 11) is 1.62. The second-order valence-corrected chi connectivity index (χ2v) is 5.58. The second-order valence-electron chi connectivity index (χ2n) is 5.58. The van der Waals surface area contributed by atoms with Gasteiger partial charge in [0, 0.05) is 24.7 Å². The van der Waals surface area contributed by atoms with Crippen molar-refractivity contribution in [3.8, 4) is 0 Å². The van der Waals surface area contributed by atoms with E-state index in [0.29, 0.717) is 17.2 Å². The van der Waals surface area contributed by atoms with Crippen LogP contribution in [0.15, 0.2) is 18.2 Å². The maximum absolute atomic E-state index is 12.3. The molecule has 0 saturated heterocycles. The Balaban J connectivity index is 2.15. The van der Waals surface area contributed by atoms with Crippen LogP contribution in [0.25, 0.3) is 0 Å². The maximum Gasteiger partial charge on any atom is 0.293 e. The Morgan fingerprint density at radius 2 is 2.05 bits per heavy atom. The van der Waals surface area contributed by atoms with Crippen LogP contribution in [0.3, 0.4) is 0 Å². The van der Waals surface area contributed by atoms with Crippen molar-refractivity contribution < 1.29 is 9.72 Å². The summed E-state index contributed by atoms with van der Waals surface area (Å²) in [5.41, 5.74) is 0.655. The Morgan fingerprint density at radius 3 is 2.67 bits per heavy atom. The Labute approximate surface area is 124 Å². The molecule has 1 fully saturated rings. The number of carbonyl (C=O) groups excluding carboxylic acids is 1. The van der Waals surface area contributed by atoms with Gasteiger partial charge in [-0.3, -0.25) is 14.9 Å². The molecule has 1 aromatic carbocycles. The second kappa shape index (κ2) is 6.56. The van der Waals surface area contributed by atoms with E-state index in [0.717, 1.165) is 19.3 Å². The molecule has 0 heterocycles. The molecule has 1 aliphatic carbocycles. The molecular formula is C15H21N3O3. The maximum atomic E-state index is 12.3. The molecule has 1 aliphatic rings. The van der Waals surface area contributed by atoms with Crippen molar-refractivity contribution in [2.75, 3.05) is 12.4 Å². The summed E-state index contributed by atoms with van der Waals surface area (Å²) in [5, 5.41) is 16.8. The summed E-state index contributed by atoms with van der Waals surface area (Å²) in [6.45, 7) is 2.14. The van der Waals surface area contributed by atoms with Crippen molar-refractivity contribution in [2.45, 2.75) is 38.6 Å². The highest BCUT2D eigenvalue weighted by Crippen LogP contribution is 2.26. The van der Waals surface area contributed by atoms with Gasteiger partial charge in [-0.15, -0.1) is 0 Å². The normalized spacial score (nSPS) is 21.6. The number of rotatable bonds is 4. The fraction of sp³-hybridized carbons (Fsp3) is 0.533. The molecule has 0 aromatic heterocycles. The Bertz CT molecular complexity index is 545. The summed E-state index contributed by atoms with van der Waals surface area (Å²) in [6, 6.07) is 4.67. The number of amides is 1. The van der Waals surface area contributed by atoms with Crippen LogP contribution in [0.5, 0.6) is 0 Å². The number of carbonyl (C=O) groups is 1. The largest absolute Gasteiger partial charge is 0.383 e.